The van der Waals surface area contributed by atoms with Gasteiger partial charge in [0.1, 0.15) is 5.75 Å². The maximum Gasteiger partial charge on any atom is 0.341 e. The normalized spacial score (nSPS) is 11.9. The lowest BCUT2D eigenvalue weighted by molar-refractivity contribution is -0.129. The van der Waals surface area contributed by atoms with Gasteiger partial charge >= 0.3 is 5.97 Å². The molecule has 3 aromatic carbocycles. The van der Waals surface area contributed by atoms with E-state index in [1.54, 1.807) is 57.4 Å². The van der Waals surface area contributed by atoms with E-state index in [-0.39, 0.29) is 22.7 Å². The van der Waals surface area contributed by atoms with Gasteiger partial charge in [-0.1, -0.05) is 36.4 Å². The molecule has 0 fully saturated rings. The standard InChI is InChI=1S/C26H28N2O6S/c1-17-9-10-18(2)24(15-17)35(31,32)28-23-8-6-5-7-22(23)26(30)34-19(3)25(29)27-16-20-11-13-21(33-4)14-12-20/h5-15,19,28H,16H2,1-4H3,(H,27,29)/t19-/m1/s1. The quantitative estimate of drug-likeness (QED) is 0.434. The number of anilines is 1. The van der Waals surface area contributed by atoms with Crippen molar-refractivity contribution in [2.24, 2.45) is 0 Å². The molecular weight excluding hydrogens is 468 g/mol. The van der Waals surface area contributed by atoms with E-state index < -0.39 is 28.0 Å². The summed E-state index contributed by atoms with van der Waals surface area (Å²) >= 11 is 0. The van der Waals surface area contributed by atoms with Gasteiger partial charge in [0.2, 0.25) is 0 Å². The second kappa shape index (κ2) is 11.1. The maximum absolute atomic E-state index is 13.0. The molecule has 0 radical (unpaired) electrons. The van der Waals surface area contributed by atoms with Crippen LogP contribution in [-0.2, 0) is 26.1 Å². The van der Waals surface area contributed by atoms with Crippen LogP contribution in [0, 0.1) is 13.8 Å². The Morgan fingerprint density at radius 1 is 0.971 bits per heavy atom. The number of amides is 1. The molecule has 9 heteroatoms. The lowest BCUT2D eigenvalue weighted by Crippen LogP contribution is -2.35. The predicted octanol–water partition coefficient (Wildman–Crippen LogP) is 3.97. The largest absolute Gasteiger partial charge is 0.497 e. The van der Waals surface area contributed by atoms with Crippen LogP contribution in [0.25, 0.3) is 0 Å². The molecule has 0 bridgehead atoms. The number of carbonyl (C=O) groups excluding carboxylic acids is 2. The smallest absolute Gasteiger partial charge is 0.341 e. The highest BCUT2D eigenvalue weighted by atomic mass is 32.2. The highest BCUT2D eigenvalue weighted by Gasteiger charge is 2.24. The van der Waals surface area contributed by atoms with Crippen molar-refractivity contribution in [3.8, 4) is 5.75 Å². The maximum atomic E-state index is 13.0. The Morgan fingerprint density at radius 3 is 2.34 bits per heavy atom. The molecule has 184 valence electrons. The van der Waals surface area contributed by atoms with E-state index in [4.69, 9.17) is 9.47 Å². The number of para-hydroxylation sites is 1. The summed E-state index contributed by atoms with van der Waals surface area (Å²) in [7, 11) is -2.39. The second-order valence-electron chi connectivity index (χ2n) is 8.03. The van der Waals surface area contributed by atoms with Crippen molar-refractivity contribution in [3.05, 3.63) is 89.0 Å². The molecule has 0 aliphatic heterocycles. The fraction of sp³-hybridized carbons (Fsp3) is 0.231. The topological polar surface area (TPSA) is 111 Å². The van der Waals surface area contributed by atoms with Crippen LogP contribution in [0.2, 0.25) is 0 Å². The number of hydrogen-bond acceptors (Lipinski definition) is 6. The van der Waals surface area contributed by atoms with Gasteiger partial charge in [0, 0.05) is 6.54 Å². The van der Waals surface area contributed by atoms with E-state index in [0.29, 0.717) is 11.3 Å². The molecule has 0 aliphatic rings. The Labute approximate surface area is 205 Å². The number of nitrogens with one attached hydrogen (secondary N) is 2. The first-order valence-electron chi connectivity index (χ1n) is 10.9. The molecule has 0 saturated heterocycles. The van der Waals surface area contributed by atoms with Crippen molar-refractivity contribution >= 4 is 27.6 Å². The minimum atomic E-state index is -3.96. The Morgan fingerprint density at radius 2 is 1.66 bits per heavy atom. The monoisotopic (exact) mass is 496 g/mol. The minimum Gasteiger partial charge on any atom is -0.497 e. The molecule has 0 aromatic heterocycles. The van der Waals surface area contributed by atoms with Crippen molar-refractivity contribution in [2.75, 3.05) is 11.8 Å². The Kier molecular flexibility index (Phi) is 8.14. The van der Waals surface area contributed by atoms with Gasteiger partial charge in [0.15, 0.2) is 6.10 Å². The number of carbonyl (C=O) groups is 2. The zero-order chi connectivity index (χ0) is 25.6. The number of rotatable bonds is 9. The Hall–Kier alpha value is -3.85. The number of esters is 1. The van der Waals surface area contributed by atoms with Crippen LogP contribution in [-0.4, -0.2) is 33.5 Å². The van der Waals surface area contributed by atoms with E-state index >= 15 is 0 Å². The summed E-state index contributed by atoms with van der Waals surface area (Å²) in [5, 5.41) is 2.71. The average molecular weight is 497 g/mol. The van der Waals surface area contributed by atoms with E-state index in [2.05, 4.69) is 10.0 Å². The highest BCUT2D eigenvalue weighted by molar-refractivity contribution is 7.92. The third kappa shape index (κ3) is 6.60. The average Bonchev–Trinajstić information content (AvgIpc) is 2.84. The van der Waals surface area contributed by atoms with Crippen molar-refractivity contribution in [2.45, 2.75) is 38.3 Å². The van der Waals surface area contributed by atoms with E-state index in [1.165, 1.54) is 19.1 Å². The summed E-state index contributed by atoms with van der Waals surface area (Å²) in [6.07, 6.45) is -1.09. The molecule has 1 amide bonds. The number of benzene rings is 3. The number of methoxy groups -OCH3 is 1. The zero-order valence-electron chi connectivity index (χ0n) is 20.0. The number of sulfonamides is 1. The van der Waals surface area contributed by atoms with Gasteiger partial charge in [-0.15, -0.1) is 0 Å². The van der Waals surface area contributed by atoms with Crippen molar-refractivity contribution in [3.63, 3.8) is 0 Å². The van der Waals surface area contributed by atoms with Gasteiger partial charge in [0.05, 0.1) is 23.3 Å². The van der Waals surface area contributed by atoms with Gasteiger partial charge in [-0.2, -0.15) is 0 Å². The molecule has 3 rings (SSSR count). The summed E-state index contributed by atoms with van der Waals surface area (Å²) in [5.74, 6) is -0.604. The summed E-state index contributed by atoms with van der Waals surface area (Å²) in [6, 6.07) is 18.4. The lowest BCUT2D eigenvalue weighted by Gasteiger charge is -2.16. The highest BCUT2D eigenvalue weighted by Crippen LogP contribution is 2.24. The third-order valence-electron chi connectivity index (χ3n) is 5.30. The first kappa shape index (κ1) is 25.8. The first-order valence-corrected chi connectivity index (χ1v) is 12.4. The second-order valence-corrected chi connectivity index (χ2v) is 9.68. The van der Waals surface area contributed by atoms with Gasteiger partial charge in [-0.25, -0.2) is 13.2 Å². The molecule has 3 aromatic rings. The van der Waals surface area contributed by atoms with Crippen LogP contribution < -0.4 is 14.8 Å². The molecular formula is C26H28N2O6S. The number of ether oxygens (including phenoxy) is 2. The summed E-state index contributed by atoms with van der Waals surface area (Å²) in [4.78, 5) is 25.4. The van der Waals surface area contributed by atoms with E-state index in [1.807, 2.05) is 18.2 Å². The van der Waals surface area contributed by atoms with Crippen molar-refractivity contribution in [1.29, 1.82) is 0 Å². The fourth-order valence-corrected chi connectivity index (χ4v) is 4.71. The molecule has 1 atom stereocenters. The van der Waals surface area contributed by atoms with Crippen LogP contribution in [0.15, 0.2) is 71.6 Å². The van der Waals surface area contributed by atoms with Crippen LogP contribution in [0.4, 0.5) is 5.69 Å². The van der Waals surface area contributed by atoms with E-state index in [0.717, 1.165) is 11.1 Å². The van der Waals surface area contributed by atoms with Gasteiger partial charge in [0.25, 0.3) is 15.9 Å². The SMILES string of the molecule is COc1ccc(CNC(=O)[C@@H](C)OC(=O)c2ccccc2NS(=O)(=O)c2cc(C)ccc2C)cc1. The molecule has 0 aliphatic carbocycles. The van der Waals surface area contributed by atoms with Gasteiger partial charge in [-0.05, 0) is 67.8 Å². The molecule has 0 spiro atoms. The van der Waals surface area contributed by atoms with Crippen LogP contribution in [0.1, 0.15) is 34.0 Å². The summed E-state index contributed by atoms with van der Waals surface area (Å²) < 4.78 is 38.9. The molecule has 0 heterocycles. The Balaban J connectivity index is 1.68. The molecule has 0 saturated carbocycles. The van der Waals surface area contributed by atoms with E-state index in [9.17, 15) is 18.0 Å². The predicted molar refractivity (Wildman–Crippen MR) is 133 cm³/mol. The molecule has 8 nitrogen and oxygen atoms in total. The van der Waals surface area contributed by atoms with Crippen molar-refractivity contribution < 1.29 is 27.5 Å². The number of hydrogen-bond donors (Lipinski definition) is 2. The lowest BCUT2D eigenvalue weighted by atomic mass is 10.2. The van der Waals surface area contributed by atoms with Crippen molar-refractivity contribution in [1.82, 2.24) is 5.32 Å². The minimum absolute atomic E-state index is 0.00353. The van der Waals surface area contributed by atoms with Gasteiger partial charge in [-0.3, -0.25) is 9.52 Å². The van der Waals surface area contributed by atoms with Crippen LogP contribution in [0.3, 0.4) is 0 Å². The van der Waals surface area contributed by atoms with Crippen LogP contribution >= 0.6 is 0 Å². The molecule has 35 heavy (non-hydrogen) atoms. The number of aryl methyl sites for hydroxylation is 2. The summed E-state index contributed by atoms with van der Waals surface area (Å²) in [6.45, 7) is 5.19. The fourth-order valence-electron chi connectivity index (χ4n) is 3.30. The Bertz CT molecular complexity index is 1320. The first-order chi connectivity index (χ1) is 16.6. The zero-order valence-corrected chi connectivity index (χ0v) is 20.8. The molecule has 2 N–H and O–H groups in total. The summed E-state index contributed by atoms with van der Waals surface area (Å²) in [5.41, 5.74) is 2.27. The third-order valence-corrected chi connectivity index (χ3v) is 6.81. The van der Waals surface area contributed by atoms with Crippen LogP contribution in [0.5, 0.6) is 5.75 Å². The van der Waals surface area contributed by atoms with Gasteiger partial charge < -0.3 is 14.8 Å². The molecule has 0 unspecified atom stereocenters.